The Balaban J connectivity index is 1.42. The third-order valence-electron chi connectivity index (χ3n) is 6.46. The SMILES string of the molecule is Cc1cccnc1[C@@H]1CCC[C@H](c2nc3cccc(N4CCN(C)CC4)c3[nH]2)N1. The first-order valence-corrected chi connectivity index (χ1v) is 10.8. The molecule has 6 heteroatoms. The molecule has 0 saturated carbocycles. The summed E-state index contributed by atoms with van der Waals surface area (Å²) in [6.45, 7) is 6.48. The fraction of sp³-hybridized carbons (Fsp3) is 0.478. The van der Waals surface area contributed by atoms with E-state index in [1.165, 1.54) is 28.9 Å². The smallest absolute Gasteiger partial charge is 0.124 e. The zero-order valence-corrected chi connectivity index (χ0v) is 17.4. The van der Waals surface area contributed by atoms with E-state index >= 15 is 0 Å². The fourth-order valence-electron chi connectivity index (χ4n) is 4.74. The van der Waals surface area contributed by atoms with Gasteiger partial charge in [-0.05, 0) is 57.0 Å². The molecule has 5 rings (SSSR count). The molecule has 2 saturated heterocycles. The number of benzene rings is 1. The minimum Gasteiger partial charge on any atom is -0.367 e. The van der Waals surface area contributed by atoms with E-state index in [1.807, 2.05) is 12.3 Å². The minimum atomic E-state index is 0.239. The van der Waals surface area contributed by atoms with Crippen LogP contribution >= 0.6 is 0 Å². The molecular formula is C23H30N6. The molecular weight excluding hydrogens is 360 g/mol. The van der Waals surface area contributed by atoms with Gasteiger partial charge in [-0.1, -0.05) is 12.1 Å². The van der Waals surface area contributed by atoms with Gasteiger partial charge in [-0.3, -0.25) is 10.3 Å². The van der Waals surface area contributed by atoms with Crippen LogP contribution in [0.2, 0.25) is 0 Å². The van der Waals surface area contributed by atoms with E-state index in [0.717, 1.165) is 50.4 Å². The molecule has 152 valence electrons. The highest BCUT2D eigenvalue weighted by Crippen LogP contribution is 2.34. The molecule has 2 aliphatic heterocycles. The number of aromatic nitrogens is 3. The van der Waals surface area contributed by atoms with Gasteiger partial charge in [-0.15, -0.1) is 0 Å². The number of nitrogens with zero attached hydrogens (tertiary/aromatic N) is 4. The number of piperazine rings is 1. The van der Waals surface area contributed by atoms with Crippen LogP contribution < -0.4 is 10.2 Å². The molecule has 6 nitrogen and oxygen atoms in total. The molecule has 2 N–H and O–H groups in total. The maximum atomic E-state index is 4.98. The van der Waals surface area contributed by atoms with Gasteiger partial charge in [0.25, 0.3) is 0 Å². The second kappa shape index (κ2) is 7.76. The predicted molar refractivity (Wildman–Crippen MR) is 117 cm³/mol. The lowest BCUT2D eigenvalue weighted by Gasteiger charge is -2.34. The first-order chi connectivity index (χ1) is 14.2. The Morgan fingerprint density at radius 2 is 1.83 bits per heavy atom. The van der Waals surface area contributed by atoms with Gasteiger partial charge in [-0.25, -0.2) is 4.98 Å². The molecule has 29 heavy (non-hydrogen) atoms. The zero-order chi connectivity index (χ0) is 19.8. The molecule has 2 aromatic heterocycles. The van der Waals surface area contributed by atoms with Gasteiger partial charge in [0.05, 0.1) is 34.5 Å². The molecule has 0 aliphatic carbocycles. The average Bonchev–Trinajstić information content (AvgIpc) is 3.19. The van der Waals surface area contributed by atoms with Gasteiger partial charge in [-0.2, -0.15) is 0 Å². The quantitative estimate of drug-likeness (QED) is 0.716. The van der Waals surface area contributed by atoms with Crippen LogP contribution in [-0.2, 0) is 0 Å². The summed E-state index contributed by atoms with van der Waals surface area (Å²) in [4.78, 5) is 18.2. The Morgan fingerprint density at radius 1 is 1.00 bits per heavy atom. The Morgan fingerprint density at radius 3 is 2.66 bits per heavy atom. The Labute approximate surface area is 172 Å². The number of fused-ring (bicyclic) bond motifs is 1. The van der Waals surface area contributed by atoms with E-state index in [9.17, 15) is 0 Å². The molecule has 0 radical (unpaired) electrons. The lowest BCUT2D eigenvalue weighted by Crippen LogP contribution is -2.44. The standard InChI is InChI=1S/C23H30N6/c1-16-6-5-11-24-21(16)17-7-3-9-19(25-17)23-26-18-8-4-10-20(22(18)27-23)29-14-12-28(2)13-15-29/h4-6,8,10-11,17,19,25H,3,7,9,12-15H2,1-2H3,(H,26,27)/t17-,19+/m0/s1. The number of anilines is 1. The number of hydrogen-bond donors (Lipinski definition) is 2. The van der Waals surface area contributed by atoms with Crippen molar-refractivity contribution in [3.63, 3.8) is 0 Å². The highest BCUT2D eigenvalue weighted by molar-refractivity contribution is 5.89. The Bertz CT molecular complexity index is 988. The number of nitrogens with one attached hydrogen (secondary N) is 2. The van der Waals surface area contributed by atoms with Gasteiger partial charge in [0, 0.05) is 32.4 Å². The van der Waals surface area contributed by atoms with Crippen molar-refractivity contribution < 1.29 is 0 Å². The Hall–Kier alpha value is -2.44. The van der Waals surface area contributed by atoms with E-state index in [1.54, 1.807) is 0 Å². The van der Waals surface area contributed by atoms with Crippen LogP contribution in [0.3, 0.4) is 0 Å². The second-order valence-electron chi connectivity index (χ2n) is 8.49. The van der Waals surface area contributed by atoms with Gasteiger partial charge in [0.2, 0.25) is 0 Å². The molecule has 0 spiro atoms. The monoisotopic (exact) mass is 390 g/mol. The van der Waals surface area contributed by atoms with Gasteiger partial charge in [0.1, 0.15) is 5.82 Å². The van der Waals surface area contributed by atoms with Crippen molar-refractivity contribution in [1.29, 1.82) is 0 Å². The van der Waals surface area contributed by atoms with Crippen molar-refractivity contribution in [2.24, 2.45) is 0 Å². The third-order valence-corrected chi connectivity index (χ3v) is 6.46. The van der Waals surface area contributed by atoms with Crippen molar-refractivity contribution in [1.82, 2.24) is 25.2 Å². The second-order valence-corrected chi connectivity index (χ2v) is 8.49. The summed E-state index contributed by atoms with van der Waals surface area (Å²) in [5, 5.41) is 3.82. The number of imidazole rings is 1. The van der Waals surface area contributed by atoms with E-state index in [0.29, 0.717) is 6.04 Å². The topological polar surface area (TPSA) is 60.1 Å². The number of aromatic amines is 1. The Kier molecular flexibility index (Phi) is 4.97. The summed E-state index contributed by atoms with van der Waals surface area (Å²) in [7, 11) is 2.20. The van der Waals surface area contributed by atoms with Crippen LogP contribution in [0.5, 0.6) is 0 Å². The largest absolute Gasteiger partial charge is 0.367 e. The number of pyridine rings is 1. The normalized spacial score (nSPS) is 23.6. The first-order valence-electron chi connectivity index (χ1n) is 10.8. The van der Waals surface area contributed by atoms with Crippen LogP contribution in [0.25, 0.3) is 11.0 Å². The average molecular weight is 391 g/mol. The molecule has 2 fully saturated rings. The molecule has 0 unspecified atom stereocenters. The molecule has 1 aromatic carbocycles. The highest BCUT2D eigenvalue weighted by atomic mass is 15.3. The maximum Gasteiger partial charge on any atom is 0.124 e. The number of hydrogen-bond acceptors (Lipinski definition) is 5. The number of para-hydroxylation sites is 1. The van der Waals surface area contributed by atoms with Gasteiger partial charge < -0.3 is 14.8 Å². The van der Waals surface area contributed by atoms with Gasteiger partial charge in [0.15, 0.2) is 0 Å². The van der Waals surface area contributed by atoms with Crippen LogP contribution in [0.1, 0.15) is 48.4 Å². The van der Waals surface area contributed by atoms with E-state index in [4.69, 9.17) is 4.98 Å². The number of rotatable bonds is 3. The van der Waals surface area contributed by atoms with Crippen LogP contribution in [0.4, 0.5) is 5.69 Å². The van der Waals surface area contributed by atoms with Crippen molar-refractivity contribution in [2.75, 3.05) is 38.1 Å². The van der Waals surface area contributed by atoms with Crippen molar-refractivity contribution in [3.05, 3.63) is 53.6 Å². The van der Waals surface area contributed by atoms with Crippen molar-refractivity contribution in [2.45, 2.75) is 38.3 Å². The minimum absolute atomic E-state index is 0.239. The predicted octanol–water partition coefficient (Wildman–Crippen LogP) is 3.57. The maximum absolute atomic E-state index is 4.98. The lowest BCUT2D eigenvalue weighted by molar-refractivity contribution is 0.313. The third kappa shape index (κ3) is 3.63. The molecule has 4 heterocycles. The number of H-pyrrole nitrogens is 1. The summed E-state index contributed by atoms with van der Waals surface area (Å²) in [5.74, 6) is 1.06. The number of likely N-dealkylation sites (N-methyl/N-ethyl adjacent to an activating group) is 1. The first kappa shape index (κ1) is 18.6. The zero-order valence-electron chi connectivity index (χ0n) is 17.4. The summed E-state index contributed by atoms with van der Waals surface area (Å²) >= 11 is 0. The van der Waals surface area contributed by atoms with E-state index in [-0.39, 0.29) is 6.04 Å². The van der Waals surface area contributed by atoms with Crippen molar-refractivity contribution >= 4 is 16.7 Å². The summed E-state index contributed by atoms with van der Waals surface area (Å²) in [5.41, 5.74) is 5.95. The molecule has 0 bridgehead atoms. The van der Waals surface area contributed by atoms with Crippen LogP contribution in [0.15, 0.2) is 36.5 Å². The lowest BCUT2D eigenvalue weighted by atomic mass is 9.94. The fourth-order valence-corrected chi connectivity index (χ4v) is 4.74. The van der Waals surface area contributed by atoms with E-state index < -0.39 is 0 Å². The van der Waals surface area contributed by atoms with Crippen LogP contribution in [-0.4, -0.2) is 53.1 Å². The van der Waals surface area contributed by atoms with Crippen molar-refractivity contribution in [3.8, 4) is 0 Å². The molecule has 2 atom stereocenters. The molecule has 3 aromatic rings. The van der Waals surface area contributed by atoms with Crippen LogP contribution in [0, 0.1) is 6.92 Å². The number of piperidine rings is 1. The summed E-state index contributed by atoms with van der Waals surface area (Å²) in [6.07, 6.45) is 5.31. The summed E-state index contributed by atoms with van der Waals surface area (Å²) < 4.78 is 0. The summed E-state index contributed by atoms with van der Waals surface area (Å²) in [6, 6.07) is 11.2. The van der Waals surface area contributed by atoms with E-state index in [2.05, 4.69) is 63.3 Å². The molecule has 2 aliphatic rings. The van der Waals surface area contributed by atoms with Gasteiger partial charge >= 0.3 is 0 Å². The number of aryl methyl sites for hydroxylation is 1. The molecule has 0 amide bonds. The highest BCUT2D eigenvalue weighted by Gasteiger charge is 2.27.